The molecular formula is C28H30F3N5O4. The van der Waals surface area contributed by atoms with E-state index in [0.717, 1.165) is 38.0 Å². The first-order valence-corrected chi connectivity index (χ1v) is 13.2. The van der Waals surface area contributed by atoms with Crippen molar-refractivity contribution in [2.24, 2.45) is 11.8 Å². The Kier molecular flexibility index (Phi) is 8.08. The second-order valence-corrected chi connectivity index (χ2v) is 10.2. The molecule has 1 amide bonds. The van der Waals surface area contributed by atoms with Crippen LogP contribution in [0.2, 0.25) is 0 Å². The highest BCUT2D eigenvalue weighted by Gasteiger charge is 2.42. The van der Waals surface area contributed by atoms with Crippen molar-refractivity contribution in [2.75, 3.05) is 30.3 Å². The van der Waals surface area contributed by atoms with Crippen LogP contribution in [0.4, 0.5) is 24.5 Å². The average Bonchev–Trinajstić information content (AvgIpc) is 3.69. The van der Waals surface area contributed by atoms with Crippen molar-refractivity contribution < 1.29 is 32.3 Å². The second-order valence-electron chi connectivity index (χ2n) is 10.2. The molecule has 1 aliphatic heterocycles. The SMILES string of the molecule is O=C(Nc1ccc(NCC2CCN(N[C@@H]3CCC[C@H]3C(=O)O)C2)cc1)c1nc(-c2ccccc2)oc1C(F)(F)F. The van der Waals surface area contributed by atoms with E-state index in [2.05, 4.69) is 26.1 Å². The molecule has 1 aromatic heterocycles. The van der Waals surface area contributed by atoms with Crippen LogP contribution in [0.15, 0.2) is 59.0 Å². The third-order valence-electron chi connectivity index (χ3n) is 7.33. The summed E-state index contributed by atoms with van der Waals surface area (Å²) in [5.41, 5.74) is 4.01. The van der Waals surface area contributed by atoms with Crippen LogP contribution in [0, 0.1) is 11.8 Å². The summed E-state index contributed by atoms with van der Waals surface area (Å²) in [6.45, 7) is 2.34. The lowest BCUT2D eigenvalue weighted by Gasteiger charge is -2.25. The number of anilines is 2. The minimum Gasteiger partial charge on any atom is -0.481 e. The maximum Gasteiger partial charge on any atom is 0.452 e. The lowest BCUT2D eigenvalue weighted by molar-refractivity contribution is -0.153. The monoisotopic (exact) mass is 557 g/mol. The predicted molar refractivity (Wildman–Crippen MR) is 141 cm³/mol. The predicted octanol–water partition coefficient (Wildman–Crippen LogP) is 5.10. The van der Waals surface area contributed by atoms with E-state index in [0.29, 0.717) is 30.1 Å². The Morgan fingerprint density at radius 2 is 1.75 bits per heavy atom. The molecule has 2 heterocycles. The normalized spacial score (nSPS) is 21.4. The molecule has 212 valence electrons. The van der Waals surface area contributed by atoms with E-state index in [-0.39, 0.29) is 17.9 Å². The van der Waals surface area contributed by atoms with E-state index < -0.39 is 29.5 Å². The van der Waals surface area contributed by atoms with Gasteiger partial charge in [-0.3, -0.25) is 15.0 Å². The fourth-order valence-corrected chi connectivity index (χ4v) is 5.26. The molecule has 0 radical (unpaired) electrons. The third-order valence-corrected chi connectivity index (χ3v) is 7.33. The maximum atomic E-state index is 13.6. The number of carboxylic acids is 1. The summed E-state index contributed by atoms with van der Waals surface area (Å²) in [5, 5.41) is 17.3. The number of hydrogen-bond donors (Lipinski definition) is 4. The summed E-state index contributed by atoms with van der Waals surface area (Å²) in [5.74, 6) is -3.48. The Hall–Kier alpha value is -3.90. The molecule has 4 N–H and O–H groups in total. The zero-order chi connectivity index (χ0) is 28.3. The van der Waals surface area contributed by atoms with E-state index in [1.165, 1.54) is 0 Å². The molecule has 0 spiro atoms. The molecule has 12 heteroatoms. The molecule has 1 saturated carbocycles. The molecule has 1 saturated heterocycles. The van der Waals surface area contributed by atoms with Gasteiger partial charge in [0.2, 0.25) is 11.7 Å². The van der Waals surface area contributed by atoms with Crippen LogP contribution in [0.5, 0.6) is 0 Å². The summed E-state index contributed by atoms with van der Waals surface area (Å²) < 4.78 is 45.6. The van der Waals surface area contributed by atoms with Gasteiger partial charge in [0, 0.05) is 42.6 Å². The zero-order valence-electron chi connectivity index (χ0n) is 21.6. The highest BCUT2D eigenvalue weighted by Crippen LogP contribution is 2.35. The molecule has 40 heavy (non-hydrogen) atoms. The van der Waals surface area contributed by atoms with Crippen LogP contribution in [-0.4, -0.2) is 52.7 Å². The Balaban J connectivity index is 1.15. The highest BCUT2D eigenvalue weighted by atomic mass is 19.4. The molecule has 1 unspecified atom stereocenters. The van der Waals surface area contributed by atoms with E-state index >= 15 is 0 Å². The van der Waals surface area contributed by atoms with Crippen LogP contribution in [0.3, 0.4) is 0 Å². The number of hydrazine groups is 1. The number of aromatic nitrogens is 1. The molecule has 0 bridgehead atoms. The van der Waals surface area contributed by atoms with E-state index in [1.54, 1.807) is 54.6 Å². The fraction of sp³-hybridized carbons (Fsp3) is 0.393. The number of alkyl halides is 3. The average molecular weight is 558 g/mol. The van der Waals surface area contributed by atoms with Crippen LogP contribution in [0.1, 0.15) is 41.9 Å². The van der Waals surface area contributed by atoms with E-state index in [4.69, 9.17) is 4.42 Å². The topological polar surface area (TPSA) is 120 Å². The number of aliphatic carboxylic acids is 1. The number of nitrogens with one attached hydrogen (secondary N) is 3. The Labute approximate surface area is 228 Å². The molecule has 3 aromatic rings. The summed E-state index contributed by atoms with van der Waals surface area (Å²) >= 11 is 0. The standard InChI is InChI=1S/C28H30F3N5O4/c29-28(30,31)24-23(34-26(40-24)18-5-2-1-3-6-18)25(37)33-20-11-9-19(10-12-20)32-15-17-13-14-36(16-17)35-22-8-4-7-21(22)27(38)39/h1-3,5-6,9-12,17,21-22,32,35H,4,7-8,13-16H2,(H,33,37)(H,38,39)/t17?,21-,22-/m1/s1. The van der Waals surface area contributed by atoms with Gasteiger partial charge in [-0.1, -0.05) is 24.6 Å². The third kappa shape index (κ3) is 6.45. The Morgan fingerprint density at radius 1 is 1.02 bits per heavy atom. The van der Waals surface area contributed by atoms with Crippen LogP contribution in [-0.2, 0) is 11.0 Å². The summed E-state index contributed by atoms with van der Waals surface area (Å²) in [4.78, 5) is 28.0. The number of carboxylic acid groups (broad SMARTS) is 1. The summed E-state index contributed by atoms with van der Waals surface area (Å²) in [7, 11) is 0. The summed E-state index contributed by atoms with van der Waals surface area (Å²) in [6, 6.07) is 14.7. The Morgan fingerprint density at radius 3 is 2.45 bits per heavy atom. The van der Waals surface area contributed by atoms with Crippen molar-refractivity contribution in [3.63, 3.8) is 0 Å². The van der Waals surface area contributed by atoms with Crippen molar-refractivity contribution in [1.29, 1.82) is 0 Å². The molecule has 1 aliphatic carbocycles. The molecular weight excluding hydrogens is 527 g/mol. The molecule has 2 fully saturated rings. The fourth-order valence-electron chi connectivity index (χ4n) is 5.26. The number of hydrogen-bond acceptors (Lipinski definition) is 7. The first-order valence-electron chi connectivity index (χ1n) is 13.2. The Bertz CT molecular complexity index is 1330. The smallest absolute Gasteiger partial charge is 0.452 e. The van der Waals surface area contributed by atoms with Gasteiger partial charge >= 0.3 is 12.1 Å². The van der Waals surface area contributed by atoms with Gasteiger partial charge in [-0.25, -0.2) is 9.99 Å². The first kappa shape index (κ1) is 27.7. The van der Waals surface area contributed by atoms with Crippen molar-refractivity contribution in [1.82, 2.24) is 15.4 Å². The van der Waals surface area contributed by atoms with Gasteiger partial charge in [0.05, 0.1) is 5.92 Å². The highest BCUT2D eigenvalue weighted by molar-refractivity contribution is 6.04. The molecule has 2 aromatic carbocycles. The second kappa shape index (κ2) is 11.7. The lowest BCUT2D eigenvalue weighted by Crippen LogP contribution is -2.46. The molecule has 3 atom stereocenters. The van der Waals surface area contributed by atoms with Crippen LogP contribution in [0.25, 0.3) is 11.5 Å². The number of rotatable bonds is 9. The van der Waals surface area contributed by atoms with Gasteiger partial charge in [-0.2, -0.15) is 13.2 Å². The van der Waals surface area contributed by atoms with Gasteiger partial charge in [0.25, 0.3) is 5.91 Å². The van der Waals surface area contributed by atoms with Gasteiger partial charge in [0.1, 0.15) is 0 Å². The number of nitrogens with zero attached hydrogens (tertiary/aromatic N) is 2. The minimum absolute atomic E-state index is 0.0265. The van der Waals surface area contributed by atoms with Crippen molar-refractivity contribution in [3.05, 3.63) is 66.1 Å². The first-order chi connectivity index (χ1) is 19.2. The quantitative estimate of drug-likeness (QED) is 0.287. The zero-order valence-corrected chi connectivity index (χ0v) is 21.6. The minimum atomic E-state index is -4.89. The van der Waals surface area contributed by atoms with Gasteiger partial charge in [-0.15, -0.1) is 0 Å². The number of halogens is 3. The summed E-state index contributed by atoms with van der Waals surface area (Å²) in [6.07, 6.45) is -1.44. The number of amides is 1. The van der Waals surface area contributed by atoms with Crippen LogP contribution >= 0.6 is 0 Å². The molecule has 2 aliphatic rings. The van der Waals surface area contributed by atoms with Crippen molar-refractivity contribution in [3.8, 4) is 11.5 Å². The number of benzene rings is 2. The number of carbonyl (C=O) groups is 2. The number of carbonyl (C=O) groups excluding carboxylic acids is 1. The van der Waals surface area contributed by atoms with E-state index in [1.807, 2.05) is 0 Å². The lowest BCUT2D eigenvalue weighted by atomic mass is 10.1. The number of oxazole rings is 1. The van der Waals surface area contributed by atoms with Crippen LogP contribution < -0.4 is 16.1 Å². The van der Waals surface area contributed by atoms with Crippen molar-refractivity contribution >= 4 is 23.3 Å². The largest absolute Gasteiger partial charge is 0.481 e. The van der Waals surface area contributed by atoms with Crippen molar-refractivity contribution in [2.45, 2.75) is 37.9 Å². The maximum absolute atomic E-state index is 13.6. The molecule has 5 rings (SSSR count). The van der Waals surface area contributed by atoms with E-state index in [9.17, 15) is 27.9 Å². The van der Waals surface area contributed by atoms with Gasteiger partial charge in [0.15, 0.2) is 5.69 Å². The van der Waals surface area contributed by atoms with Gasteiger partial charge < -0.3 is 20.2 Å². The molecule has 9 nitrogen and oxygen atoms in total. The van der Waals surface area contributed by atoms with Gasteiger partial charge in [-0.05, 0) is 61.6 Å².